The van der Waals surface area contributed by atoms with Gasteiger partial charge in [-0.1, -0.05) is 12.1 Å². The minimum absolute atomic E-state index is 0.240. The van der Waals surface area contributed by atoms with Crippen molar-refractivity contribution in [2.45, 2.75) is 19.5 Å². The molecule has 0 saturated carbocycles. The molecule has 0 radical (unpaired) electrons. The lowest BCUT2D eigenvalue weighted by Gasteiger charge is -2.15. The highest BCUT2D eigenvalue weighted by Gasteiger charge is 2.20. The van der Waals surface area contributed by atoms with Gasteiger partial charge in [0.25, 0.3) is 5.91 Å². The summed E-state index contributed by atoms with van der Waals surface area (Å²) < 4.78 is 7.32. The summed E-state index contributed by atoms with van der Waals surface area (Å²) in [5.41, 5.74) is 3.88. The Hall–Kier alpha value is -3.52. The molecule has 0 aliphatic rings. The van der Waals surface area contributed by atoms with Gasteiger partial charge in [0.1, 0.15) is 11.5 Å². The molecule has 0 spiro atoms. The Morgan fingerprint density at radius 2 is 2.03 bits per heavy atom. The van der Waals surface area contributed by atoms with E-state index in [1.807, 2.05) is 43.3 Å². The van der Waals surface area contributed by atoms with Gasteiger partial charge in [0.15, 0.2) is 0 Å². The summed E-state index contributed by atoms with van der Waals surface area (Å²) in [5.74, 6) is 0.543. The van der Waals surface area contributed by atoms with Crippen LogP contribution in [-0.4, -0.2) is 44.4 Å². The van der Waals surface area contributed by atoms with E-state index in [9.17, 15) is 4.79 Å². The number of benzene rings is 1. The smallest absolute Gasteiger partial charge is 0.269 e. The van der Waals surface area contributed by atoms with Gasteiger partial charge in [0, 0.05) is 31.6 Å². The van der Waals surface area contributed by atoms with Crippen molar-refractivity contribution in [1.29, 1.82) is 0 Å². The summed E-state index contributed by atoms with van der Waals surface area (Å²) in [6, 6.07) is 13.0. The number of fused-ring (bicyclic) bond motifs is 1. The van der Waals surface area contributed by atoms with Crippen LogP contribution >= 0.6 is 0 Å². The summed E-state index contributed by atoms with van der Waals surface area (Å²) in [4.78, 5) is 21.5. The van der Waals surface area contributed by atoms with E-state index in [-0.39, 0.29) is 11.9 Å². The number of amides is 1. The SMILES string of the molecule is COCCn1c(C(C)NC(=O)c2cc(-c3ccncc3)n[nH]2)nc2ccccc21. The molecule has 3 aromatic heterocycles. The van der Waals surface area contributed by atoms with Crippen molar-refractivity contribution < 1.29 is 9.53 Å². The van der Waals surface area contributed by atoms with Crippen LogP contribution in [0.5, 0.6) is 0 Å². The van der Waals surface area contributed by atoms with Crippen LogP contribution in [0.3, 0.4) is 0 Å². The first-order chi connectivity index (χ1) is 14.2. The van der Waals surface area contributed by atoms with Crippen LogP contribution in [0.4, 0.5) is 0 Å². The number of pyridine rings is 1. The van der Waals surface area contributed by atoms with E-state index < -0.39 is 0 Å². The normalized spacial score (nSPS) is 12.2. The lowest BCUT2D eigenvalue weighted by Crippen LogP contribution is -2.29. The fourth-order valence-electron chi connectivity index (χ4n) is 3.29. The Kier molecular flexibility index (Phi) is 5.35. The number of ether oxygens (including phenoxy) is 1. The number of nitrogens with one attached hydrogen (secondary N) is 2. The molecule has 1 aromatic carbocycles. The predicted molar refractivity (Wildman–Crippen MR) is 109 cm³/mol. The second kappa shape index (κ2) is 8.24. The highest BCUT2D eigenvalue weighted by molar-refractivity contribution is 5.93. The molecule has 0 aliphatic heterocycles. The number of para-hydroxylation sites is 2. The van der Waals surface area contributed by atoms with Crippen LogP contribution in [0.25, 0.3) is 22.3 Å². The molecule has 3 heterocycles. The van der Waals surface area contributed by atoms with E-state index in [1.54, 1.807) is 25.6 Å². The average molecular weight is 390 g/mol. The molecular weight excluding hydrogens is 368 g/mol. The van der Waals surface area contributed by atoms with Crippen molar-refractivity contribution in [3.8, 4) is 11.3 Å². The highest BCUT2D eigenvalue weighted by Crippen LogP contribution is 2.22. The highest BCUT2D eigenvalue weighted by atomic mass is 16.5. The zero-order chi connectivity index (χ0) is 20.2. The van der Waals surface area contributed by atoms with E-state index in [0.29, 0.717) is 24.5 Å². The van der Waals surface area contributed by atoms with Crippen LogP contribution in [0.2, 0.25) is 0 Å². The number of H-pyrrole nitrogens is 1. The zero-order valence-electron chi connectivity index (χ0n) is 16.3. The molecule has 1 atom stereocenters. The van der Waals surface area contributed by atoms with Crippen LogP contribution in [0.1, 0.15) is 29.3 Å². The first-order valence-corrected chi connectivity index (χ1v) is 9.38. The van der Waals surface area contributed by atoms with Crippen LogP contribution < -0.4 is 5.32 Å². The number of imidazole rings is 1. The molecule has 148 valence electrons. The summed E-state index contributed by atoms with van der Waals surface area (Å²) in [6.07, 6.45) is 3.38. The van der Waals surface area contributed by atoms with Gasteiger partial charge >= 0.3 is 0 Å². The first kappa shape index (κ1) is 18.8. The van der Waals surface area contributed by atoms with Gasteiger partial charge in [-0.3, -0.25) is 14.9 Å². The summed E-state index contributed by atoms with van der Waals surface area (Å²) in [7, 11) is 1.67. The summed E-state index contributed by atoms with van der Waals surface area (Å²) in [6.45, 7) is 3.13. The monoisotopic (exact) mass is 390 g/mol. The topological polar surface area (TPSA) is 97.7 Å². The van der Waals surface area contributed by atoms with Gasteiger partial charge in [0.2, 0.25) is 0 Å². The van der Waals surface area contributed by atoms with Gasteiger partial charge in [-0.2, -0.15) is 5.10 Å². The molecule has 4 rings (SSSR count). The van der Waals surface area contributed by atoms with Crippen LogP contribution in [0, 0.1) is 0 Å². The van der Waals surface area contributed by atoms with Gasteiger partial charge in [-0.25, -0.2) is 4.98 Å². The fourth-order valence-corrected chi connectivity index (χ4v) is 3.29. The standard InChI is InChI=1S/C21H22N6O2/c1-14(20-24-16-5-3-4-6-19(16)27(20)11-12-29-2)23-21(28)18-13-17(25-26-18)15-7-9-22-10-8-15/h3-10,13-14H,11-12H2,1-2H3,(H,23,28)(H,25,26). The third-order valence-electron chi connectivity index (χ3n) is 4.74. The van der Waals surface area contributed by atoms with Crippen LogP contribution in [-0.2, 0) is 11.3 Å². The largest absolute Gasteiger partial charge is 0.383 e. The van der Waals surface area contributed by atoms with Crippen molar-refractivity contribution >= 4 is 16.9 Å². The Bertz CT molecular complexity index is 1120. The average Bonchev–Trinajstić information content (AvgIpc) is 3.38. The maximum absolute atomic E-state index is 12.8. The molecular formula is C21H22N6O2. The molecule has 0 aliphatic carbocycles. The van der Waals surface area contributed by atoms with Gasteiger partial charge in [0.05, 0.1) is 29.4 Å². The van der Waals surface area contributed by atoms with Crippen molar-refractivity contribution in [3.63, 3.8) is 0 Å². The van der Waals surface area contributed by atoms with Crippen molar-refractivity contribution in [1.82, 2.24) is 30.0 Å². The lowest BCUT2D eigenvalue weighted by atomic mass is 10.2. The van der Waals surface area contributed by atoms with E-state index in [1.165, 1.54) is 0 Å². The molecule has 1 unspecified atom stereocenters. The van der Waals surface area contributed by atoms with Gasteiger partial charge in [-0.15, -0.1) is 0 Å². The quantitative estimate of drug-likeness (QED) is 0.506. The number of aromatic amines is 1. The maximum atomic E-state index is 12.8. The number of rotatable bonds is 7. The number of carbonyl (C=O) groups excluding carboxylic acids is 1. The Morgan fingerprint density at radius 1 is 1.24 bits per heavy atom. The van der Waals surface area contributed by atoms with Crippen molar-refractivity contribution in [3.05, 3.63) is 66.4 Å². The molecule has 8 nitrogen and oxygen atoms in total. The summed E-state index contributed by atoms with van der Waals surface area (Å²) in [5, 5.41) is 10.0. The third kappa shape index (κ3) is 3.88. The molecule has 1 amide bonds. The van der Waals surface area contributed by atoms with Crippen molar-refractivity contribution in [2.24, 2.45) is 0 Å². The third-order valence-corrected chi connectivity index (χ3v) is 4.74. The van der Waals surface area contributed by atoms with Crippen LogP contribution in [0.15, 0.2) is 54.9 Å². The first-order valence-electron chi connectivity index (χ1n) is 9.38. The predicted octanol–water partition coefficient (Wildman–Crippen LogP) is 2.96. The summed E-state index contributed by atoms with van der Waals surface area (Å²) >= 11 is 0. The molecule has 0 fully saturated rings. The molecule has 0 bridgehead atoms. The number of carbonyl (C=O) groups is 1. The van der Waals surface area contributed by atoms with Crippen molar-refractivity contribution in [2.75, 3.05) is 13.7 Å². The molecule has 4 aromatic rings. The minimum Gasteiger partial charge on any atom is -0.383 e. The minimum atomic E-state index is -0.292. The fraction of sp³-hybridized carbons (Fsp3) is 0.238. The second-order valence-corrected chi connectivity index (χ2v) is 6.70. The molecule has 2 N–H and O–H groups in total. The van der Waals surface area contributed by atoms with E-state index in [0.717, 1.165) is 22.4 Å². The Balaban J connectivity index is 1.56. The number of nitrogens with zero attached hydrogens (tertiary/aromatic N) is 4. The van der Waals surface area contributed by atoms with E-state index in [2.05, 4.69) is 25.1 Å². The zero-order valence-corrected chi connectivity index (χ0v) is 16.3. The number of methoxy groups -OCH3 is 1. The second-order valence-electron chi connectivity index (χ2n) is 6.70. The van der Waals surface area contributed by atoms with Gasteiger partial charge in [-0.05, 0) is 37.3 Å². The number of hydrogen-bond acceptors (Lipinski definition) is 5. The number of aromatic nitrogens is 5. The molecule has 8 heteroatoms. The Labute approximate surface area is 167 Å². The Morgan fingerprint density at radius 3 is 2.83 bits per heavy atom. The van der Waals surface area contributed by atoms with E-state index >= 15 is 0 Å². The number of hydrogen-bond donors (Lipinski definition) is 2. The molecule has 0 saturated heterocycles. The van der Waals surface area contributed by atoms with Gasteiger partial charge < -0.3 is 14.6 Å². The lowest BCUT2D eigenvalue weighted by molar-refractivity contribution is 0.0932. The maximum Gasteiger partial charge on any atom is 0.269 e. The molecule has 29 heavy (non-hydrogen) atoms. The van der Waals surface area contributed by atoms with E-state index in [4.69, 9.17) is 9.72 Å².